The van der Waals surface area contributed by atoms with Crippen LogP contribution < -0.4 is 5.73 Å². The van der Waals surface area contributed by atoms with Crippen molar-refractivity contribution in [2.45, 2.75) is 12.5 Å². The summed E-state index contributed by atoms with van der Waals surface area (Å²) >= 11 is 3.01. The Hall–Kier alpha value is -0.940. The van der Waals surface area contributed by atoms with Gasteiger partial charge >= 0.3 is 0 Å². The van der Waals surface area contributed by atoms with Crippen LogP contribution in [0.2, 0.25) is 0 Å². The molecule has 0 fully saturated rings. The Kier molecular flexibility index (Phi) is 3.25. The summed E-state index contributed by atoms with van der Waals surface area (Å²) in [4.78, 5) is 0. The van der Waals surface area contributed by atoms with Gasteiger partial charge in [0.15, 0.2) is 0 Å². The molecule has 0 bridgehead atoms. The van der Waals surface area contributed by atoms with E-state index in [0.29, 0.717) is 16.8 Å². The third kappa shape index (κ3) is 2.10. The highest BCUT2D eigenvalue weighted by molar-refractivity contribution is 9.10. The van der Waals surface area contributed by atoms with Crippen molar-refractivity contribution in [2.24, 2.45) is 5.73 Å². The van der Waals surface area contributed by atoms with Gasteiger partial charge in [-0.15, -0.1) is 0 Å². The molecule has 0 saturated carbocycles. The summed E-state index contributed by atoms with van der Waals surface area (Å²) in [5, 5.41) is 0. The number of hydrogen-bond acceptors (Lipinski definition) is 2. The number of nitrogens with two attached hydrogens (primary N) is 1. The van der Waals surface area contributed by atoms with Crippen molar-refractivity contribution in [2.75, 3.05) is 6.61 Å². The SMILES string of the molecule is NC(C1=CCCO1)c1c(F)cc(Br)cc1F. The fourth-order valence-electron chi connectivity index (χ4n) is 1.65. The number of benzene rings is 1. The van der Waals surface area contributed by atoms with Gasteiger partial charge in [-0.25, -0.2) is 8.78 Å². The second-order valence-electron chi connectivity index (χ2n) is 3.50. The lowest BCUT2D eigenvalue weighted by atomic mass is 10.0. The van der Waals surface area contributed by atoms with Gasteiger partial charge < -0.3 is 10.5 Å². The molecule has 1 atom stereocenters. The van der Waals surface area contributed by atoms with Gasteiger partial charge in [0.25, 0.3) is 0 Å². The van der Waals surface area contributed by atoms with Crippen molar-refractivity contribution in [3.05, 3.63) is 45.6 Å². The molecule has 2 nitrogen and oxygen atoms in total. The van der Waals surface area contributed by atoms with E-state index in [1.807, 2.05) is 0 Å². The summed E-state index contributed by atoms with van der Waals surface area (Å²) in [7, 11) is 0. The molecule has 0 saturated heterocycles. The van der Waals surface area contributed by atoms with Gasteiger partial charge in [-0.05, 0) is 18.2 Å². The minimum Gasteiger partial charge on any atom is -0.496 e. The predicted molar refractivity (Wildman–Crippen MR) is 59.6 cm³/mol. The summed E-state index contributed by atoms with van der Waals surface area (Å²) in [5.41, 5.74) is 5.61. The van der Waals surface area contributed by atoms with Crippen LogP contribution in [0, 0.1) is 11.6 Å². The van der Waals surface area contributed by atoms with Crippen molar-refractivity contribution >= 4 is 15.9 Å². The topological polar surface area (TPSA) is 35.2 Å². The molecule has 1 aromatic rings. The Morgan fingerprint density at radius 1 is 1.31 bits per heavy atom. The molecular formula is C11H10BrF2NO. The van der Waals surface area contributed by atoms with E-state index in [4.69, 9.17) is 10.5 Å². The van der Waals surface area contributed by atoms with Crippen LogP contribution >= 0.6 is 15.9 Å². The van der Waals surface area contributed by atoms with E-state index in [1.165, 1.54) is 12.1 Å². The Labute approximate surface area is 100 Å². The third-order valence-electron chi connectivity index (χ3n) is 2.39. The normalized spacial score (nSPS) is 16.9. The Morgan fingerprint density at radius 2 is 1.94 bits per heavy atom. The molecule has 1 unspecified atom stereocenters. The number of rotatable bonds is 2. The highest BCUT2D eigenvalue weighted by atomic mass is 79.9. The fraction of sp³-hybridized carbons (Fsp3) is 0.273. The van der Waals surface area contributed by atoms with E-state index in [1.54, 1.807) is 6.08 Å². The van der Waals surface area contributed by atoms with Crippen molar-refractivity contribution in [3.8, 4) is 0 Å². The summed E-state index contributed by atoms with van der Waals surface area (Å²) in [6, 6.07) is 1.50. The molecule has 1 aliphatic heterocycles. The average molecular weight is 290 g/mol. The van der Waals surface area contributed by atoms with Crippen LogP contribution in [0.15, 0.2) is 28.4 Å². The lowest BCUT2D eigenvalue weighted by Gasteiger charge is -2.15. The first-order valence-electron chi connectivity index (χ1n) is 4.82. The number of hydrogen-bond donors (Lipinski definition) is 1. The summed E-state index contributed by atoms with van der Waals surface area (Å²) in [5.74, 6) is -0.910. The van der Waals surface area contributed by atoms with Crippen LogP contribution in [-0.2, 0) is 4.74 Å². The van der Waals surface area contributed by atoms with Crippen LogP contribution in [0.1, 0.15) is 18.0 Å². The average Bonchev–Trinajstić information content (AvgIpc) is 2.67. The zero-order chi connectivity index (χ0) is 11.7. The van der Waals surface area contributed by atoms with E-state index in [0.717, 1.165) is 6.42 Å². The highest BCUT2D eigenvalue weighted by Crippen LogP contribution is 2.30. The number of ether oxygens (including phenoxy) is 1. The zero-order valence-corrected chi connectivity index (χ0v) is 9.93. The zero-order valence-electron chi connectivity index (χ0n) is 8.34. The number of halogens is 3. The first-order chi connectivity index (χ1) is 7.59. The molecule has 86 valence electrons. The first kappa shape index (κ1) is 11.5. The quantitative estimate of drug-likeness (QED) is 0.908. The molecule has 0 aliphatic carbocycles. The van der Waals surface area contributed by atoms with E-state index >= 15 is 0 Å². The molecule has 1 aromatic carbocycles. The van der Waals surface area contributed by atoms with E-state index < -0.39 is 17.7 Å². The largest absolute Gasteiger partial charge is 0.496 e. The lowest BCUT2D eigenvalue weighted by molar-refractivity contribution is 0.223. The standard InChI is InChI=1S/C11H10BrF2NO/c12-6-4-7(13)10(8(14)5-6)11(15)9-2-1-3-16-9/h2,4-5,11H,1,3,15H2. The second-order valence-corrected chi connectivity index (χ2v) is 4.42. The molecule has 2 N–H and O–H groups in total. The maximum Gasteiger partial charge on any atom is 0.132 e. The van der Waals surface area contributed by atoms with Gasteiger partial charge in [-0.3, -0.25) is 0 Å². The fourth-order valence-corrected chi connectivity index (χ4v) is 2.05. The molecule has 1 aliphatic rings. The summed E-state index contributed by atoms with van der Waals surface area (Å²) in [6.07, 6.45) is 2.48. The molecule has 0 amide bonds. The maximum absolute atomic E-state index is 13.6. The summed E-state index contributed by atoms with van der Waals surface area (Å²) in [6.45, 7) is 0.517. The maximum atomic E-state index is 13.6. The van der Waals surface area contributed by atoms with E-state index in [-0.39, 0.29) is 5.56 Å². The van der Waals surface area contributed by atoms with Crippen molar-refractivity contribution in [1.82, 2.24) is 0 Å². The summed E-state index contributed by atoms with van der Waals surface area (Å²) < 4.78 is 32.7. The van der Waals surface area contributed by atoms with Crippen molar-refractivity contribution in [1.29, 1.82) is 0 Å². The van der Waals surface area contributed by atoms with Gasteiger partial charge in [-0.2, -0.15) is 0 Å². The highest BCUT2D eigenvalue weighted by Gasteiger charge is 2.23. The van der Waals surface area contributed by atoms with E-state index in [9.17, 15) is 8.78 Å². The second kappa shape index (κ2) is 4.51. The van der Waals surface area contributed by atoms with Gasteiger partial charge in [-0.1, -0.05) is 15.9 Å². The molecule has 0 radical (unpaired) electrons. The van der Waals surface area contributed by atoms with Crippen molar-refractivity contribution in [3.63, 3.8) is 0 Å². The third-order valence-corrected chi connectivity index (χ3v) is 2.85. The minimum atomic E-state index is -0.879. The predicted octanol–water partition coefficient (Wildman–Crippen LogP) is 3.03. The first-order valence-corrected chi connectivity index (χ1v) is 5.62. The molecule has 16 heavy (non-hydrogen) atoms. The van der Waals surface area contributed by atoms with Crippen LogP contribution in [0.4, 0.5) is 8.78 Å². The molecule has 5 heteroatoms. The Balaban J connectivity index is 2.39. The van der Waals surface area contributed by atoms with Crippen LogP contribution in [0.3, 0.4) is 0 Å². The molecule has 2 rings (SSSR count). The van der Waals surface area contributed by atoms with Gasteiger partial charge in [0.2, 0.25) is 0 Å². The molecular weight excluding hydrogens is 280 g/mol. The van der Waals surface area contributed by atoms with Gasteiger partial charge in [0.05, 0.1) is 12.6 Å². The van der Waals surface area contributed by atoms with Crippen LogP contribution in [0.5, 0.6) is 0 Å². The van der Waals surface area contributed by atoms with Crippen LogP contribution in [-0.4, -0.2) is 6.61 Å². The molecule has 1 heterocycles. The molecule has 0 aromatic heterocycles. The van der Waals surface area contributed by atoms with Crippen LogP contribution in [0.25, 0.3) is 0 Å². The molecule has 0 spiro atoms. The minimum absolute atomic E-state index is 0.156. The Morgan fingerprint density at radius 3 is 2.44 bits per heavy atom. The van der Waals surface area contributed by atoms with E-state index in [2.05, 4.69) is 15.9 Å². The smallest absolute Gasteiger partial charge is 0.132 e. The monoisotopic (exact) mass is 289 g/mol. The Bertz CT molecular complexity index is 425. The lowest BCUT2D eigenvalue weighted by Crippen LogP contribution is -2.17. The van der Waals surface area contributed by atoms with Gasteiger partial charge in [0, 0.05) is 16.5 Å². The van der Waals surface area contributed by atoms with Gasteiger partial charge in [0.1, 0.15) is 17.4 Å². The van der Waals surface area contributed by atoms with Crippen molar-refractivity contribution < 1.29 is 13.5 Å².